The van der Waals surface area contributed by atoms with Gasteiger partial charge in [0.15, 0.2) is 0 Å². The molecule has 0 bridgehead atoms. The van der Waals surface area contributed by atoms with Crippen molar-refractivity contribution in [1.29, 1.82) is 0 Å². The average Bonchev–Trinajstić information content (AvgIpc) is 2.68. The molecule has 176 valence electrons. The number of hydrogen-bond donors (Lipinski definition) is 2. The lowest BCUT2D eigenvalue weighted by Crippen LogP contribution is -2.40. The minimum atomic E-state index is -4.76. The van der Waals surface area contributed by atoms with Crippen molar-refractivity contribution in [1.82, 2.24) is 15.3 Å². The molecule has 7 nitrogen and oxygen atoms in total. The first-order valence-electron chi connectivity index (χ1n) is 10.1. The summed E-state index contributed by atoms with van der Waals surface area (Å²) in [6, 6.07) is 7.08. The highest BCUT2D eigenvalue weighted by Gasteiger charge is 2.31. The topological polar surface area (TPSA) is 79.4 Å². The number of nitrogens with one attached hydrogen (secondary N) is 2. The van der Waals surface area contributed by atoms with E-state index in [9.17, 15) is 18.0 Å². The monoisotopic (exact) mass is 473 g/mol. The van der Waals surface area contributed by atoms with Crippen LogP contribution in [0, 0.1) is 6.92 Å². The van der Waals surface area contributed by atoms with Crippen LogP contribution in [0.4, 0.5) is 24.8 Å². The second-order valence-electron chi connectivity index (χ2n) is 7.79. The van der Waals surface area contributed by atoms with E-state index in [0.717, 1.165) is 49.5 Å². The van der Waals surface area contributed by atoms with Crippen LogP contribution in [0.3, 0.4) is 0 Å². The van der Waals surface area contributed by atoms with Crippen LogP contribution in [0.15, 0.2) is 30.3 Å². The highest BCUT2D eigenvalue weighted by Crippen LogP contribution is 2.25. The van der Waals surface area contributed by atoms with E-state index in [-0.39, 0.29) is 36.1 Å². The van der Waals surface area contributed by atoms with Gasteiger partial charge in [-0.2, -0.15) is 0 Å². The fourth-order valence-electron chi connectivity index (χ4n) is 3.52. The number of aromatic nitrogens is 2. The molecule has 32 heavy (non-hydrogen) atoms. The summed E-state index contributed by atoms with van der Waals surface area (Å²) < 4.78 is 40.5. The van der Waals surface area contributed by atoms with Crippen LogP contribution in [-0.2, 0) is 0 Å². The van der Waals surface area contributed by atoms with Gasteiger partial charge in [-0.25, -0.2) is 9.97 Å². The fourth-order valence-corrected chi connectivity index (χ4v) is 3.52. The fraction of sp³-hybridized carbons (Fsp3) is 0.476. The Morgan fingerprint density at radius 1 is 1.06 bits per heavy atom. The molecule has 1 aliphatic rings. The van der Waals surface area contributed by atoms with Crippen molar-refractivity contribution < 1.29 is 22.7 Å². The minimum absolute atomic E-state index is 0. The number of halogens is 4. The van der Waals surface area contributed by atoms with Crippen LogP contribution in [0.1, 0.15) is 41.9 Å². The zero-order valence-electron chi connectivity index (χ0n) is 18.1. The van der Waals surface area contributed by atoms with E-state index < -0.39 is 6.36 Å². The van der Waals surface area contributed by atoms with Crippen molar-refractivity contribution >= 4 is 29.9 Å². The zero-order chi connectivity index (χ0) is 22.6. The zero-order valence-corrected chi connectivity index (χ0v) is 18.9. The lowest BCUT2D eigenvalue weighted by Gasteiger charge is -2.30. The summed E-state index contributed by atoms with van der Waals surface area (Å²) in [5, 5.41) is 6.41. The molecule has 1 fully saturated rings. The molecule has 3 rings (SSSR count). The molecule has 1 aromatic heterocycles. The molecule has 1 saturated carbocycles. The summed E-state index contributed by atoms with van der Waals surface area (Å²) >= 11 is 0. The number of ether oxygens (including phenoxy) is 1. The van der Waals surface area contributed by atoms with Gasteiger partial charge in [-0.15, -0.1) is 25.6 Å². The highest BCUT2D eigenvalue weighted by molar-refractivity contribution is 5.94. The number of nitrogens with zero attached hydrogens (tertiary/aromatic N) is 3. The lowest BCUT2D eigenvalue weighted by atomic mass is 9.91. The number of carbonyl (C=O) groups excluding carboxylic acids is 1. The van der Waals surface area contributed by atoms with Crippen molar-refractivity contribution in [3.05, 3.63) is 41.7 Å². The Hall–Kier alpha value is -2.75. The molecule has 0 atom stereocenters. The maximum absolute atomic E-state index is 12.4. The van der Waals surface area contributed by atoms with Gasteiger partial charge in [-0.05, 0) is 56.9 Å². The second-order valence-corrected chi connectivity index (χ2v) is 7.79. The van der Waals surface area contributed by atoms with Gasteiger partial charge in [-0.1, -0.05) is 0 Å². The van der Waals surface area contributed by atoms with Crippen LogP contribution in [-0.4, -0.2) is 48.4 Å². The van der Waals surface area contributed by atoms with Crippen LogP contribution in [0.25, 0.3) is 0 Å². The van der Waals surface area contributed by atoms with E-state index in [4.69, 9.17) is 0 Å². The summed E-state index contributed by atoms with van der Waals surface area (Å²) in [5.41, 5.74) is 0.294. The normalized spacial score (nSPS) is 18.3. The largest absolute Gasteiger partial charge is 0.573 e. The Bertz CT molecular complexity index is 901. The molecule has 0 spiro atoms. The molecule has 0 aliphatic heterocycles. The molecule has 1 aliphatic carbocycles. The van der Waals surface area contributed by atoms with Crippen molar-refractivity contribution in [3.63, 3.8) is 0 Å². The summed E-state index contributed by atoms with van der Waals surface area (Å²) in [5.74, 6) is 1.65. The third-order valence-electron chi connectivity index (χ3n) is 5.05. The number of benzene rings is 1. The summed E-state index contributed by atoms with van der Waals surface area (Å²) in [7, 11) is 3.85. The van der Waals surface area contributed by atoms with Crippen molar-refractivity contribution in [3.8, 4) is 5.75 Å². The quantitative estimate of drug-likeness (QED) is 0.650. The maximum Gasteiger partial charge on any atom is 0.573 e. The first-order chi connectivity index (χ1) is 14.6. The van der Waals surface area contributed by atoms with Crippen LogP contribution >= 0.6 is 12.4 Å². The Kier molecular flexibility index (Phi) is 8.54. The van der Waals surface area contributed by atoms with E-state index in [1.807, 2.05) is 32.0 Å². The number of amides is 1. The van der Waals surface area contributed by atoms with Crippen LogP contribution in [0.2, 0.25) is 0 Å². The number of aryl methyl sites for hydroxylation is 1. The Balaban J connectivity index is 0.00000363. The molecular weight excluding hydrogens is 447 g/mol. The molecule has 1 heterocycles. The van der Waals surface area contributed by atoms with Crippen molar-refractivity contribution in [2.45, 2.75) is 51.1 Å². The van der Waals surface area contributed by atoms with E-state index in [1.54, 1.807) is 0 Å². The number of rotatable bonds is 6. The first kappa shape index (κ1) is 25.5. The van der Waals surface area contributed by atoms with Crippen molar-refractivity contribution in [2.24, 2.45) is 0 Å². The van der Waals surface area contributed by atoms with Gasteiger partial charge < -0.3 is 20.3 Å². The lowest BCUT2D eigenvalue weighted by molar-refractivity contribution is -0.274. The molecule has 1 amide bonds. The minimum Gasteiger partial charge on any atom is -0.406 e. The van der Waals surface area contributed by atoms with E-state index >= 15 is 0 Å². The van der Waals surface area contributed by atoms with Gasteiger partial charge in [0.2, 0.25) is 0 Å². The predicted molar refractivity (Wildman–Crippen MR) is 119 cm³/mol. The molecule has 0 unspecified atom stereocenters. The van der Waals surface area contributed by atoms with E-state index in [0.29, 0.717) is 11.4 Å². The SMILES string of the molecule is Cc1nc(NC2CCC(NC(=O)c3ccc(OC(F)(F)F)cc3)CC2)cc(N(C)C)n1.Cl. The number of carbonyl (C=O) groups is 1. The van der Waals surface area contributed by atoms with Gasteiger partial charge in [0.1, 0.15) is 23.2 Å². The van der Waals surface area contributed by atoms with Gasteiger partial charge in [0.05, 0.1) is 0 Å². The molecule has 2 aromatic rings. The second kappa shape index (κ2) is 10.7. The first-order valence-corrected chi connectivity index (χ1v) is 10.1. The summed E-state index contributed by atoms with van der Waals surface area (Å²) in [4.78, 5) is 23.2. The Morgan fingerprint density at radius 2 is 1.66 bits per heavy atom. The van der Waals surface area contributed by atoms with Gasteiger partial charge in [0.25, 0.3) is 5.91 Å². The smallest absolute Gasteiger partial charge is 0.406 e. The van der Waals surface area contributed by atoms with E-state index in [1.165, 1.54) is 12.1 Å². The van der Waals surface area contributed by atoms with Gasteiger partial charge >= 0.3 is 6.36 Å². The summed E-state index contributed by atoms with van der Waals surface area (Å²) in [6.45, 7) is 1.85. The van der Waals surface area contributed by atoms with Gasteiger partial charge in [-0.3, -0.25) is 4.79 Å². The third-order valence-corrected chi connectivity index (χ3v) is 5.05. The maximum atomic E-state index is 12.4. The van der Waals surface area contributed by atoms with Crippen LogP contribution < -0.4 is 20.3 Å². The number of hydrogen-bond acceptors (Lipinski definition) is 6. The summed E-state index contributed by atoms with van der Waals surface area (Å²) in [6.07, 6.45) is -1.44. The van der Waals surface area contributed by atoms with Gasteiger partial charge in [0, 0.05) is 37.8 Å². The standard InChI is InChI=1S/C21H26F3N5O2.ClH/c1-13-25-18(12-19(26-13)29(2)3)27-15-6-8-16(9-7-15)28-20(30)14-4-10-17(11-5-14)31-21(22,23)24;/h4-5,10-12,15-16H,6-9H2,1-3H3,(H,28,30)(H,25,26,27);1H. The van der Waals surface area contributed by atoms with E-state index in [2.05, 4.69) is 25.3 Å². The molecule has 2 N–H and O–H groups in total. The molecule has 0 saturated heterocycles. The number of alkyl halides is 3. The average molecular weight is 474 g/mol. The van der Waals surface area contributed by atoms with Crippen LogP contribution in [0.5, 0.6) is 5.75 Å². The molecule has 1 aromatic carbocycles. The Morgan fingerprint density at radius 3 is 2.22 bits per heavy atom. The molecule has 0 radical (unpaired) electrons. The Labute approximate surface area is 191 Å². The molecular formula is C21H27ClF3N5O2. The molecule has 11 heteroatoms. The van der Waals surface area contributed by atoms with Crippen molar-refractivity contribution in [2.75, 3.05) is 24.3 Å². The third kappa shape index (κ3) is 7.44. The number of anilines is 2. The highest BCUT2D eigenvalue weighted by atomic mass is 35.5. The predicted octanol–water partition coefficient (Wildman–Crippen LogP) is 4.32.